The van der Waals surface area contributed by atoms with Gasteiger partial charge in [-0.2, -0.15) is 0 Å². The average molecular weight is 961 g/mol. The Balaban J connectivity index is 1.03. The minimum atomic E-state index is -1.33. The molecule has 4 aromatic carbocycles. The van der Waals surface area contributed by atoms with Gasteiger partial charge in [0.25, 0.3) is 0 Å². The fraction of sp³-hybridized carbons (Fsp3) is 0.415. The Morgan fingerprint density at radius 3 is 2.37 bits per heavy atom. The molecular formula is C53H59Cl2N7O6. The number of aromatic nitrogens is 2. The molecule has 9 rings (SSSR count). The summed E-state index contributed by atoms with van der Waals surface area (Å²) in [5, 5.41) is 17.6. The number of imidazole rings is 1. The molecule has 2 bridgehead atoms. The van der Waals surface area contributed by atoms with Crippen LogP contribution >= 0.6 is 23.2 Å². The van der Waals surface area contributed by atoms with Gasteiger partial charge in [0.15, 0.2) is 0 Å². The molecule has 1 aliphatic carbocycles. The number of aliphatic hydroxyl groups excluding tert-OH is 1. The maximum atomic E-state index is 15.3. The fourth-order valence-corrected chi connectivity index (χ4v) is 11.0. The third-order valence-electron chi connectivity index (χ3n) is 14.5. The van der Waals surface area contributed by atoms with E-state index in [0.717, 1.165) is 59.8 Å². The molecule has 5 atom stereocenters. The molecule has 5 aromatic rings. The normalized spacial score (nSPS) is 23.8. The SMILES string of the molecule is CC1C(=O)NC(CO)C(=O)NC2(Cc3ccc(Cl)cc3)CCCN(C2)C(=O)C([C@H]2CCc3ccccc32)CC(=O)N1Cc1ccc(Cl)cc1Oc1ccc(-c2cnc(CN3CCCC3)n2C)cc1. The summed E-state index contributed by atoms with van der Waals surface area (Å²) in [5.74, 6) is -0.882. The van der Waals surface area contributed by atoms with Crippen molar-refractivity contribution >= 4 is 46.8 Å². The highest BCUT2D eigenvalue weighted by atomic mass is 35.5. The molecule has 68 heavy (non-hydrogen) atoms. The molecule has 4 amide bonds. The van der Waals surface area contributed by atoms with E-state index in [-0.39, 0.29) is 31.3 Å². The second kappa shape index (κ2) is 20.5. The maximum Gasteiger partial charge on any atom is 0.245 e. The van der Waals surface area contributed by atoms with Crippen LogP contribution in [0.15, 0.2) is 97.2 Å². The number of piperidine rings is 1. The monoisotopic (exact) mass is 959 g/mol. The zero-order valence-electron chi connectivity index (χ0n) is 38.6. The van der Waals surface area contributed by atoms with E-state index in [2.05, 4.69) is 26.2 Å². The second-order valence-electron chi connectivity index (χ2n) is 19.0. The number of hydrogen-bond donors (Lipinski definition) is 3. The highest BCUT2D eigenvalue weighted by molar-refractivity contribution is 6.31. The Kier molecular flexibility index (Phi) is 14.3. The molecule has 4 aliphatic rings. The van der Waals surface area contributed by atoms with Crippen LogP contribution in [-0.2, 0) is 52.2 Å². The molecule has 13 nitrogen and oxygen atoms in total. The number of rotatable bonds is 11. The molecule has 15 heteroatoms. The number of aryl methyl sites for hydroxylation is 1. The number of halogens is 2. The van der Waals surface area contributed by atoms with E-state index in [9.17, 15) is 14.7 Å². The van der Waals surface area contributed by atoms with E-state index in [4.69, 9.17) is 32.9 Å². The first-order valence-corrected chi connectivity index (χ1v) is 24.6. The van der Waals surface area contributed by atoms with Crippen molar-refractivity contribution in [3.8, 4) is 22.8 Å². The number of hydrogen-bond acceptors (Lipinski definition) is 8. The van der Waals surface area contributed by atoms with Crippen molar-refractivity contribution in [3.05, 3.63) is 135 Å². The number of nitrogens with zero attached hydrogens (tertiary/aromatic N) is 5. The lowest BCUT2D eigenvalue weighted by atomic mass is 9.80. The van der Waals surface area contributed by atoms with E-state index in [0.29, 0.717) is 59.3 Å². The van der Waals surface area contributed by atoms with Crippen molar-refractivity contribution in [2.45, 2.75) is 94.9 Å². The lowest BCUT2D eigenvalue weighted by Crippen LogP contribution is -2.65. The van der Waals surface area contributed by atoms with Gasteiger partial charge in [0.2, 0.25) is 23.6 Å². The molecule has 1 aromatic heterocycles. The molecule has 4 unspecified atom stereocenters. The predicted molar refractivity (Wildman–Crippen MR) is 261 cm³/mol. The minimum Gasteiger partial charge on any atom is -0.457 e. The van der Waals surface area contributed by atoms with Crippen LogP contribution in [0.25, 0.3) is 11.3 Å². The Labute approximate surface area is 407 Å². The summed E-state index contributed by atoms with van der Waals surface area (Å²) in [6.07, 6.45) is 7.14. The second-order valence-corrected chi connectivity index (χ2v) is 19.9. The molecule has 0 radical (unpaired) electrons. The van der Waals surface area contributed by atoms with Gasteiger partial charge in [-0.25, -0.2) is 4.98 Å². The van der Waals surface area contributed by atoms with Crippen LogP contribution in [0.2, 0.25) is 10.0 Å². The predicted octanol–water partition coefficient (Wildman–Crippen LogP) is 7.45. The molecule has 3 fully saturated rings. The average Bonchev–Trinajstić information content (AvgIpc) is 4.11. The van der Waals surface area contributed by atoms with Gasteiger partial charge in [0, 0.05) is 47.7 Å². The van der Waals surface area contributed by atoms with Crippen LogP contribution in [0.5, 0.6) is 11.5 Å². The number of nitrogens with one attached hydrogen (secondary N) is 2. The third kappa shape index (κ3) is 10.3. The summed E-state index contributed by atoms with van der Waals surface area (Å²) < 4.78 is 8.64. The smallest absolute Gasteiger partial charge is 0.245 e. The quantitative estimate of drug-likeness (QED) is 0.124. The van der Waals surface area contributed by atoms with Crippen LogP contribution in [0.4, 0.5) is 0 Å². The van der Waals surface area contributed by atoms with Gasteiger partial charge in [-0.05, 0) is 136 Å². The topological polar surface area (TPSA) is 149 Å². The number of benzene rings is 4. The zero-order valence-corrected chi connectivity index (χ0v) is 40.1. The number of fused-ring (bicyclic) bond motifs is 3. The number of aliphatic hydroxyl groups is 1. The van der Waals surface area contributed by atoms with Crippen molar-refractivity contribution in [2.24, 2.45) is 13.0 Å². The Morgan fingerprint density at radius 1 is 0.853 bits per heavy atom. The van der Waals surface area contributed by atoms with E-state index in [1.165, 1.54) is 17.7 Å². The van der Waals surface area contributed by atoms with Gasteiger partial charge in [-0.3, -0.25) is 24.1 Å². The van der Waals surface area contributed by atoms with Crippen molar-refractivity contribution in [1.82, 2.24) is 34.9 Å². The van der Waals surface area contributed by atoms with Gasteiger partial charge < -0.3 is 34.8 Å². The fourth-order valence-electron chi connectivity index (χ4n) is 10.7. The highest BCUT2D eigenvalue weighted by Gasteiger charge is 2.45. The lowest BCUT2D eigenvalue weighted by molar-refractivity contribution is -0.148. The third-order valence-corrected chi connectivity index (χ3v) is 15.0. The van der Waals surface area contributed by atoms with Crippen LogP contribution in [0.3, 0.4) is 0 Å². The number of ether oxygens (including phenoxy) is 1. The standard InChI is InChI=1S/C53H59Cl2N7O6/c1-34-50(65)57-45(32-63)51(66)58-53(28-35-10-16-39(54)17-11-35)22-7-25-61(33-53)52(67)44(43-21-15-36-8-3-4-9-42(36)43)27-49(64)62(34)30-38-12-18-40(55)26-47(38)68-41-19-13-37(14-20-41)46-29-56-48(59(46)2)31-60-23-5-6-24-60/h3-4,8-14,16-20,26,29,34,43-45,63H,5-7,15,21-25,27-28,30-33H2,1-2H3,(H,57,65)(H,58,66)/t34?,43-,44?,45?,53?/m0/s1. The van der Waals surface area contributed by atoms with Gasteiger partial charge in [0.05, 0.1) is 43.0 Å². The molecule has 4 heterocycles. The molecule has 3 aliphatic heterocycles. The number of carbonyl (C=O) groups excluding carboxylic acids is 4. The Morgan fingerprint density at radius 2 is 1.60 bits per heavy atom. The first-order valence-electron chi connectivity index (χ1n) is 23.8. The summed E-state index contributed by atoms with van der Waals surface area (Å²) in [6, 6.07) is 25.8. The van der Waals surface area contributed by atoms with Gasteiger partial charge >= 0.3 is 0 Å². The van der Waals surface area contributed by atoms with Crippen LogP contribution in [-0.4, -0.2) is 103 Å². The van der Waals surface area contributed by atoms with E-state index in [1.54, 1.807) is 37.3 Å². The van der Waals surface area contributed by atoms with E-state index < -0.39 is 47.9 Å². The van der Waals surface area contributed by atoms with Crippen LogP contribution in [0, 0.1) is 5.92 Å². The van der Waals surface area contributed by atoms with Crippen LogP contribution in [0.1, 0.15) is 79.4 Å². The van der Waals surface area contributed by atoms with E-state index in [1.807, 2.05) is 72.7 Å². The summed E-state index contributed by atoms with van der Waals surface area (Å²) in [4.78, 5) is 69.5. The Hall–Kier alpha value is -5.73. The van der Waals surface area contributed by atoms with Crippen LogP contribution < -0.4 is 15.4 Å². The van der Waals surface area contributed by atoms with Crippen molar-refractivity contribution in [2.75, 3.05) is 32.8 Å². The first kappa shape index (κ1) is 47.3. The summed E-state index contributed by atoms with van der Waals surface area (Å²) >= 11 is 12.8. The van der Waals surface area contributed by atoms with Gasteiger partial charge in [0.1, 0.15) is 29.4 Å². The van der Waals surface area contributed by atoms with Crippen molar-refractivity contribution in [3.63, 3.8) is 0 Å². The highest BCUT2D eigenvalue weighted by Crippen LogP contribution is 2.42. The number of carbonyl (C=O) groups is 4. The number of amides is 4. The van der Waals surface area contributed by atoms with Crippen molar-refractivity contribution in [1.29, 1.82) is 0 Å². The molecular weight excluding hydrogens is 902 g/mol. The van der Waals surface area contributed by atoms with Gasteiger partial charge in [-0.15, -0.1) is 0 Å². The van der Waals surface area contributed by atoms with Crippen molar-refractivity contribution < 1.29 is 29.0 Å². The first-order chi connectivity index (χ1) is 32.9. The maximum absolute atomic E-state index is 15.3. The van der Waals surface area contributed by atoms with Gasteiger partial charge in [-0.1, -0.05) is 65.7 Å². The van der Waals surface area contributed by atoms with E-state index >= 15 is 9.59 Å². The summed E-state index contributed by atoms with van der Waals surface area (Å²) in [6.45, 7) is 4.43. The number of likely N-dealkylation sites (tertiary alicyclic amines) is 1. The molecule has 3 saturated heterocycles. The largest absolute Gasteiger partial charge is 0.457 e. The summed E-state index contributed by atoms with van der Waals surface area (Å²) in [7, 11) is 2.03. The molecule has 3 N–H and O–H groups in total. The Bertz CT molecular complexity index is 2650. The molecule has 0 saturated carbocycles. The molecule has 0 spiro atoms. The molecule has 356 valence electrons. The zero-order chi connectivity index (χ0) is 47.5. The minimum absolute atomic E-state index is 0.0844. The lowest BCUT2D eigenvalue weighted by Gasteiger charge is -2.46. The summed E-state index contributed by atoms with van der Waals surface area (Å²) in [5.41, 5.74) is 4.70.